The van der Waals surface area contributed by atoms with Crippen LogP contribution < -0.4 is 5.32 Å². The predicted octanol–water partition coefficient (Wildman–Crippen LogP) is 2.35. The van der Waals surface area contributed by atoms with Gasteiger partial charge in [0, 0.05) is 30.0 Å². The number of hydrogen-bond donors (Lipinski definition) is 2. The van der Waals surface area contributed by atoms with Gasteiger partial charge in [0.15, 0.2) is 0 Å². The number of carbonyl (C=O) groups is 1. The summed E-state index contributed by atoms with van der Waals surface area (Å²) in [6, 6.07) is 1.73. The largest absolute Gasteiger partial charge is 0.478 e. The standard InChI is InChI=1S/C13H19NO3S/c15-13(16)11-6-12(18-9-11)7-14-4-1-5-17-8-10-2-3-10/h6,9-10,14H,1-5,7-8H2,(H,15,16). The topological polar surface area (TPSA) is 58.6 Å². The Balaban J connectivity index is 1.49. The first-order valence-corrected chi connectivity index (χ1v) is 7.23. The van der Waals surface area contributed by atoms with Crippen LogP contribution >= 0.6 is 11.3 Å². The molecule has 0 radical (unpaired) electrons. The number of carboxylic acid groups (broad SMARTS) is 1. The maximum atomic E-state index is 10.7. The molecule has 1 aromatic heterocycles. The van der Waals surface area contributed by atoms with Gasteiger partial charge in [-0.1, -0.05) is 0 Å². The van der Waals surface area contributed by atoms with Crippen LogP contribution in [0.2, 0.25) is 0 Å². The molecule has 1 fully saturated rings. The van der Waals surface area contributed by atoms with Gasteiger partial charge >= 0.3 is 5.97 Å². The molecule has 1 aliphatic rings. The van der Waals surface area contributed by atoms with E-state index in [4.69, 9.17) is 9.84 Å². The molecule has 0 aromatic carbocycles. The Morgan fingerprint density at radius 1 is 1.56 bits per heavy atom. The fourth-order valence-electron chi connectivity index (χ4n) is 1.63. The zero-order chi connectivity index (χ0) is 12.8. The van der Waals surface area contributed by atoms with Gasteiger partial charge in [-0.3, -0.25) is 0 Å². The number of rotatable bonds is 9. The monoisotopic (exact) mass is 269 g/mol. The fourth-order valence-corrected chi connectivity index (χ4v) is 2.46. The molecule has 0 saturated heterocycles. The first-order chi connectivity index (χ1) is 8.75. The number of ether oxygens (including phenoxy) is 1. The molecule has 0 atom stereocenters. The molecule has 1 saturated carbocycles. The van der Waals surface area contributed by atoms with E-state index in [1.807, 2.05) is 0 Å². The summed E-state index contributed by atoms with van der Waals surface area (Å²) >= 11 is 1.48. The summed E-state index contributed by atoms with van der Waals surface area (Å²) in [5, 5.41) is 13.8. The minimum atomic E-state index is -0.856. The molecule has 0 spiro atoms. The van der Waals surface area contributed by atoms with E-state index in [0.717, 1.165) is 43.5 Å². The third kappa shape index (κ3) is 4.76. The van der Waals surface area contributed by atoms with E-state index in [-0.39, 0.29) is 0 Å². The zero-order valence-corrected chi connectivity index (χ0v) is 11.2. The molecule has 0 amide bonds. The average Bonchev–Trinajstić information content (AvgIpc) is 3.04. The Morgan fingerprint density at radius 3 is 3.06 bits per heavy atom. The van der Waals surface area contributed by atoms with Crippen molar-refractivity contribution in [1.29, 1.82) is 0 Å². The minimum Gasteiger partial charge on any atom is -0.478 e. The van der Waals surface area contributed by atoms with Crippen LogP contribution in [0.1, 0.15) is 34.5 Å². The number of nitrogens with one attached hydrogen (secondary N) is 1. The average molecular weight is 269 g/mol. The van der Waals surface area contributed by atoms with Crippen LogP contribution in [0, 0.1) is 5.92 Å². The lowest BCUT2D eigenvalue weighted by molar-refractivity contribution is 0.0697. The molecule has 100 valence electrons. The Hall–Kier alpha value is -0.910. The molecule has 0 bridgehead atoms. The summed E-state index contributed by atoms with van der Waals surface area (Å²) in [5.41, 5.74) is 0.379. The normalized spacial score (nSPS) is 14.9. The fraction of sp³-hybridized carbons (Fsp3) is 0.615. The summed E-state index contributed by atoms with van der Waals surface area (Å²) in [7, 11) is 0. The van der Waals surface area contributed by atoms with Gasteiger partial charge < -0.3 is 15.2 Å². The summed E-state index contributed by atoms with van der Waals surface area (Å²) in [5.74, 6) is -0.0236. The Bertz CT molecular complexity index is 387. The van der Waals surface area contributed by atoms with Crippen molar-refractivity contribution in [3.8, 4) is 0 Å². The van der Waals surface area contributed by atoms with Crippen LogP contribution in [-0.2, 0) is 11.3 Å². The van der Waals surface area contributed by atoms with E-state index in [1.165, 1.54) is 24.2 Å². The molecule has 2 N–H and O–H groups in total. The summed E-state index contributed by atoms with van der Waals surface area (Å²) in [4.78, 5) is 11.8. The lowest BCUT2D eigenvalue weighted by Gasteiger charge is -2.04. The van der Waals surface area contributed by atoms with Crippen molar-refractivity contribution in [2.24, 2.45) is 5.92 Å². The van der Waals surface area contributed by atoms with Crippen LogP contribution in [0.4, 0.5) is 0 Å². The SMILES string of the molecule is O=C(O)c1csc(CNCCCOCC2CC2)c1. The second-order valence-electron chi connectivity index (χ2n) is 4.66. The molecule has 5 heteroatoms. The summed E-state index contributed by atoms with van der Waals surface area (Å²) < 4.78 is 5.53. The lowest BCUT2D eigenvalue weighted by Crippen LogP contribution is -2.16. The van der Waals surface area contributed by atoms with Gasteiger partial charge in [-0.25, -0.2) is 4.79 Å². The van der Waals surface area contributed by atoms with Crippen LogP contribution in [0.15, 0.2) is 11.4 Å². The predicted molar refractivity (Wildman–Crippen MR) is 71.1 cm³/mol. The Morgan fingerprint density at radius 2 is 2.39 bits per heavy atom. The molecule has 1 aliphatic carbocycles. The first kappa shape index (κ1) is 13.5. The van der Waals surface area contributed by atoms with Gasteiger partial charge in [0.1, 0.15) is 0 Å². The van der Waals surface area contributed by atoms with Gasteiger partial charge in [0.25, 0.3) is 0 Å². The van der Waals surface area contributed by atoms with Crippen molar-refractivity contribution in [1.82, 2.24) is 5.32 Å². The van der Waals surface area contributed by atoms with Gasteiger partial charge in [-0.2, -0.15) is 0 Å². The molecule has 18 heavy (non-hydrogen) atoms. The molecule has 0 unspecified atom stereocenters. The molecule has 2 rings (SSSR count). The molecule has 1 heterocycles. The van der Waals surface area contributed by atoms with Crippen molar-refractivity contribution in [2.75, 3.05) is 19.8 Å². The number of hydrogen-bond acceptors (Lipinski definition) is 4. The maximum absolute atomic E-state index is 10.7. The number of carboxylic acids is 1. The van der Waals surface area contributed by atoms with E-state index in [9.17, 15) is 4.79 Å². The van der Waals surface area contributed by atoms with Crippen LogP contribution in [-0.4, -0.2) is 30.8 Å². The van der Waals surface area contributed by atoms with Gasteiger partial charge in [-0.15, -0.1) is 11.3 Å². The van der Waals surface area contributed by atoms with E-state index in [2.05, 4.69) is 5.32 Å². The molecular weight excluding hydrogens is 250 g/mol. The van der Waals surface area contributed by atoms with Crippen molar-refractivity contribution in [2.45, 2.75) is 25.8 Å². The second-order valence-corrected chi connectivity index (χ2v) is 5.65. The van der Waals surface area contributed by atoms with Gasteiger partial charge in [0.05, 0.1) is 5.56 Å². The molecule has 0 aliphatic heterocycles. The van der Waals surface area contributed by atoms with E-state index in [0.29, 0.717) is 5.56 Å². The lowest BCUT2D eigenvalue weighted by atomic mass is 10.3. The highest BCUT2D eigenvalue weighted by Crippen LogP contribution is 2.28. The quantitative estimate of drug-likeness (QED) is 0.676. The van der Waals surface area contributed by atoms with Gasteiger partial charge in [0.2, 0.25) is 0 Å². The van der Waals surface area contributed by atoms with Crippen LogP contribution in [0.3, 0.4) is 0 Å². The third-order valence-electron chi connectivity index (χ3n) is 2.89. The second kappa shape index (κ2) is 6.87. The molecule has 1 aromatic rings. The first-order valence-electron chi connectivity index (χ1n) is 6.35. The zero-order valence-electron chi connectivity index (χ0n) is 10.4. The number of aromatic carboxylic acids is 1. The highest BCUT2D eigenvalue weighted by Gasteiger charge is 2.20. The Labute approximate surface area is 111 Å². The number of thiophene rings is 1. The van der Waals surface area contributed by atoms with Crippen molar-refractivity contribution in [3.05, 3.63) is 21.9 Å². The van der Waals surface area contributed by atoms with Crippen molar-refractivity contribution < 1.29 is 14.6 Å². The van der Waals surface area contributed by atoms with Crippen molar-refractivity contribution >= 4 is 17.3 Å². The van der Waals surface area contributed by atoms with Crippen molar-refractivity contribution in [3.63, 3.8) is 0 Å². The van der Waals surface area contributed by atoms with E-state index >= 15 is 0 Å². The highest BCUT2D eigenvalue weighted by atomic mass is 32.1. The van der Waals surface area contributed by atoms with Crippen LogP contribution in [0.25, 0.3) is 0 Å². The van der Waals surface area contributed by atoms with Crippen LogP contribution in [0.5, 0.6) is 0 Å². The highest BCUT2D eigenvalue weighted by molar-refractivity contribution is 7.10. The Kier molecular flexibility index (Phi) is 5.16. The van der Waals surface area contributed by atoms with E-state index in [1.54, 1.807) is 11.4 Å². The smallest absolute Gasteiger partial charge is 0.336 e. The van der Waals surface area contributed by atoms with E-state index < -0.39 is 5.97 Å². The third-order valence-corrected chi connectivity index (χ3v) is 3.83. The molecular formula is C13H19NO3S. The van der Waals surface area contributed by atoms with Gasteiger partial charge in [-0.05, 0) is 37.8 Å². The molecule has 4 nitrogen and oxygen atoms in total. The summed E-state index contributed by atoms with van der Waals surface area (Å²) in [6.45, 7) is 3.38. The summed E-state index contributed by atoms with van der Waals surface area (Å²) in [6.07, 6.45) is 3.68. The minimum absolute atomic E-state index is 0.379. The maximum Gasteiger partial charge on any atom is 0.336 e.